The third kappa shape index (κ3) is 2.99. The van der Waals surface area contributed by atoms with Gasteiger partial charge >= 0.3 is 0 Å². The molecule has 1 N–H and O–H groups in total. The Morgan fingerprint density at radius 1 is 1.35 bits per heavy atom. The van der Waals surface area contributed by atoms with Crippen LogP contribution in [0.25, 0.3) is 0 Å². The van der Waals surface area contributed by atoms with Crippen molar-refractivity contribution in [2.75, 3.05) is 19.7 Å². The number of nitrogens with zero attached hydrogens (tertiary/aromatic N) is 1. The normalized spacial score (nSPS) is 25.4. The zero-order valence-electron chi connectivity index (χ0n) is 11.3. The van der Waals surface area contributed by atoms with Gasteiger partial charge in [-0.15, -0.1) is 0 Å². The van der Waals surface area contributed by atoms with E-state index < -0.39 is 0 Å². The lowest BCUT2D eigenvalue weighted by Gasteiger charge is -2.27. The van der Waals surface area contributed by atoms with Crippen LogP contribution in [0.15, 0.2) is 28.7 Å². The molecule has 2 unspecified atom stereocenters. The van der Waals surface area contributed by atoms with Crippen molar-refractivity contribution in [3.63, 3.8) is 0 Å². The molecule has 108 valence electrons. The Morgan fingerprint density at radius 2 is 2.20 bits per heavy atom. The number of hydrogen-bond donors (Lipinski definition) is 1. The largest absolute Gasteiger partial charge is 0.484 e. The van der Waals surface area contributed by atoms with Gasteiger partial charge in [0.1, 0.15) is 5.75 Å². The number of halogens is 1. The SMILES string of the molecule is O=C(COc1cccc(Br)c1)N1C2CCNCC1CC2. The number of rotatable bonds is 3. The summed E-state index contributed by atoms with van der Waals surface area (Å²) in [6, 6.07) is 8.34. The highest BCUT2D eigenvalue weighted by atomic mass is 79.9. The molecule has 2 saturated heterocycles. The third-order valence-corrected chi connectivity index (χ3v) is 4.59. The Labute approximate surface area is 127 Å². The molecule has 0 saturated carbocycles. The summed E-state index contributed by atoms with van der Waals surface area (Å²) < 4.78 is 6.59. The molecule has 0 radical (unpaired) electrons. The van der Waals surface area contributed by atoms with Gasteiger partial charge in [0.25, 0.3) is 5.91 Å². The maximum absolute atomic E-state index is 12.4. The molecule has 1 aromatic carbocycles. The second-order valence-corrected chi connectivity index (χ2v) is 6.34. The van der Waals surface area contributed by atoms with Crippen molar-refractivity contribution in [2.24, 2.45) is 0 Å². The van der Waals surface area contributed by atoms with E-state index in [1.54, 1.807) is 0 Å². The monoisotopic (exact) mass is 338 g/mol. The van der Waals surface area contributed by atoms with E-state index in [9.17, 15) is 4.79 Å². The van der Waals surface area contributed by atoms with Crippen LogP contribution in [0.2, 0.25) is 0 Å². The first kappa shape index (κ1) is 13.9. The van der Waals surface area contributed by atoms with Gasteiger partial charge in [0.05, 0.1) is 0 Å². The summed E-state index contributed by atoms with van der Waals surface area (Å²) in [7, 11) is 0. The number of nitrogens with one attached hydrogen (secondary N) is 1. The van der Waals surface area contributed by atoms with E-state index in [4.69, 9.17) is 4.74 Å². The van der Waals surface area contributed by atoms with Crippen molar-refractivity contribution < 1.29 is 9.53 Å². The van der Waals surface area contributed by atoms with Crippen LogP contribution >= 0.6 is 15.9 Å². The van der Waals surface area contributed by atoms with Crippen LogP contribution in [0.3, 0.4) is 0 Å². The summed E-state index contributed by atoms with van der Waals surface area (Å²) in [6.45, 7) is 2.06. The van der Waals surface area contributed by atoms with Crippen LogP contribution in [0.1, 0.15) is 19.3 Å². The summed E-state index contributed by atoms with van der Waals surface area (Å²) in [6.07, 6.45) is 3.30. The second-order valence-electron chi connectivity index (χ2n) is 5.42. The molecule has 2 aliphatic heterocycles. The molecule has 0 spiro atoms. The molecule has 0 aliphatic carbocycles. The van der Waals surface area contributed by atoms with E-state index in [0.29, 0.717) is 12.1 Å². The molecule has 1 aromatic rings. The first-order chi connectivity index (χ1) is 9.74. The van der Waals surface area contributed by atoms with Crippen molar-refractivity contribution in [3.8, 4) is 5.75 Å². The highest BCUT2D eigenvalue weighted by Gasteiger charge is 2.37. The highest BCUT2D eigenvalue weighted by Crippen LogP contribution is 2.28. The van der Waals surface area contributed by atoms with Gasteiger partial charge in [-0.3, -0.25) is 4.79 Å². The van der Waals surface area contributed by atoms with Crippen LogP contribution in [0, 0.1) is 0 Å². The number of amides is 1. The zero-order valence-corrected chi connectivity index (χ0v) is 12.9. The van der Waals surface area contributed by atoms with Crippen molar-refractivity contribution >= 4 is 21.8 Å². The molecule has 2 fully saturated rings. The van der Waals surface area contributed by atoms with Crippen molar-refractivity contribution in [2.45, 2.75) is 31.3 Å². The van der Waals surface area contributed by atoms with E-state index in [1.165, 1.54) is 0 Å². The number of benzene rings is 1. The first-order valence-electron chi connectivity index (χ1n) is 7.14. The highest BCUT2D eigenvalue weighted by molar-refractivity contribution is 9.10. The molecule has 2 aliphatic rings. The van der Waals surface area contributed by atoms with Gasteiger partial charge in [-0.05, 0) is 44.0 Å². The summed E-state index contributed by atoms with van der Waals surface area (Å²) in [5.41, 5.74) is 0. The quantitative estimate of drug-likeness (QED) is 0.918. The lowest BCUT2D eigenvalue weighted by molar-refractivity contribution is -0.136. The van der Waals surface area contributed by atoms with E-state index >= 15 is 0 Å². The number of carbonyl (C=O) groups is 1. The standard InChI is InChI=1S/C15H19BrN2O2/c16-11-2-1-3-14(8-11)20-10-15(19)18-12-4-5-13(18)9-17-7-6-12/h1-3,8,12-13,17H,4-7,9-10H2. The fourth-order valence-electron chi connectivity index (χ4n) is 3.17. The smallest absolute Gasteiger partial charge is 0.261 e. The van der Waals surface area contributed by atoms with Gasteiger partial charge in [0.2, 0.25) is 0 Å². The van der Waals surface area contributed by atoms with Gasteiger partial charge in [-0.2, -0.15) is 0 Å². The predicted octanol–water partition coefficient (Wildman–Crippen LogP) is 2.18. The maximum Gasteiger partial charge on any atom is 0.261 e. The Bertz CT molecular complexity index is 481. The fraction of sp³-hybridized carbons (Fsp3) is 0.533. The van der Waals surface area contributed by atoms with Gasteiger partial charge in [-0.1, -0.05) is 22.0 Å². The number of ether oxygens (including phenoxy) is 1. The molecule has 1 amide bonds. The molecule has 0 aromatic heterocycles. The van der Waals surface area contributed by atoms with Gasteiger partial charge in [-0.25, -0.2) is 0 Å². The van der Waals surface area contributed by atoms with Gasteiger partial charge in [0, 0.05) is 23.1 Å². The zero-order chi connectivity index (χ0) is 13.9. The van der Waals surface area contributed by atoms with Crippen LogP contribution in [-0.2, 0) is 4.79 Å². The van der Waals surface area contributed by atoms with Crippen molar-refractivity contribution in [3.05, 3.63) is 28.7 Å². The molecular formula is C15H19BrN2O2. The van der Waals surface area contributed by atoms with Crippen molar-refractivity contribution in [1.82, 2.24) is 10.2 Å². The van der Waals surface area contributed by atoms with Gasteiger partial charge in [0.15, 0.2) is 6.61 Å². The van der Waals surface area contributed by atoms with E-state index in [1.807, 2.05) is 24.3 Å². The predicted molar refractivity (Wildman–Crippen MR) is 80.8 cm³/mol. The molecule has 2 atom stereocenters. The minimum atomic E-state index is 0.112. The molecule has 5 heteroatoms. The second kappa shape index (κ2) is 6.14. The van der Waals surface area contributed by atoms with E-state index in [0.717, 1.165) is 42.6 Å². The number of fused-ring (bicyclic) bond motifs is 2. The first-order valence-corrected chi connectivity index (χ1v) is 7.93. The molecule has 4 nitrogen and oxygen atoms in total. The fourth-order valence-corrected chi connectivity index (χ4v) is 3.54. The average Bonchev–Trinajstić information content (AvgIpc) is 2.69. The van der Waals surface area contributed by atoms with E-state index in [-0.39, 0.29) is 12.5 Å². The molecule has 20 heavy (non-hydrogen) atoms. The van der Waals surface area contributed by atoms with E-state index in [2.05, 4.69) is 26.1 Å². The molecular weight excluding hydrogens is 320 g/mol. The molecule has 2 bridgehead atoms. The lowest BCUT2D eigenvalue weighted by atomic mass is 10.1. The molecule has 3 rings (SSSR count). The Hall–Kier alpha value is -1.07. The van der Waals surface area contributed by atoms with Crippen LogP contribution in [0.5, 0.6) is 5.75 Å². The average molecular weight is 339 g/mol. The topological polar surface area (TPSA) is 41.6 Å². The van der Waals surface area contributed by atoms with Crippen LogP contribution in [-0.4, -0.2) is 42.6 Å². The maximum atomic E-state index is 12.4. The Kier molecular flexibility index (Phi) is 4.27. The minimum absolute atomic E-state index is 0.112. The minimum Gasteiger partial charge on any atom is -0.484 e. The van der Waals surface area contributed by atoms with Crippen molar-refractivity contribution in [1.29, 1.82) is 0 Å². The Balaban J connectivity index is 1.61. The summed E-state index contributed by atoms with van der Waals surface area (Å²) in [4.78, 5) is 14.5. The van der Waals surface area contributed by atoms with Crippen LogP contribution in [0.4, 0.5) is 0 Å². The lowest BCUT2D eigenvalue weighted by Crippen LogP contribution is -2.44. The number of carbonyl (C=O) groups excluding carboxylic acids is 1. The van der Waals surface area contributed by atoms with Gasteiger partial charge < -0.3 is 15.0 Å². The third-order valence-electron chi connectivity index (χ3n) is 4.10. The Morgan fingerprint density at radius 3 is 3.05 bits per heavy atom. The number of hydrogen-bond acceptors (Lipinski definition) is 3. The van der Waals surface area contributed by atoms with Crippen LogP contribution < -0.4 is 10.1 Å². The molecule has 2 heterocycles. The summed E-state index contributed by atoms with van der Waals surface area (Å²) in [5.74, 6) is 0.842. The summed E-state index contributed by atoms with van der Waals surface area (Å²) >= 11 is 3.40. The summed E-state index contributed by atoms with van der Waals surface area (Å²) in [5, 5.41) is 3.40.